The van der Waals surface area contributed by atoms with Crippen LogP contribution in [-0.2, 0) is 14.9 Å². The van der Waals surface area contributed by atoms with Gasteiger partial charge in [-0.2, -0.15) is 5.10 Å². The summed E-state index contributed by atoms with van der Waals surface area (Å²) in [6, 6.07) is 7.40. The first-order valence-electron chi connectivity index (χ1n) is 8.24. The van der Waals surface area contributed by atoms with Crippen LogP contribution in [0.5, 0.6) is 5.75 Å². The van der Waals surface area contributed by atoms with Crippen molar-refractivity contribution in [1.29, 1.82) is 0 Å². The first kappa shape index (κ1) is 18.3. The number of halogens is 1. The Morgan fingerprint density at radius 3 is 2.50 bits per heavy atom. The van der Waals surface area contributed by atoms with Crippen molar-refractivity contribution in [2.24, 2.45) is 0 Å². The molecule has 26 heavy (non-hydrogen) atoms. The molecule has 2 aromatic heterocycles. The van der Waals surface area contributed by atoms with E-state index < -0.39 is 0 Å². The van der Waals surface area contributed by atoms with Gasteiger partial charge in [-0.3, -0.25) is 4.79 Å². The molecule has 7 nitrogen and oxygen atoms in total. The van der Waals surface area contributed by atoms with E-state index >= 15 is 0 Å². The zero-order chi connectivity index (χ0) is 18.9. The minimum atomic E-state index is -0.299. The largest absolute Gasteiger partial charge is 0.493 e. The van der Waals surface area contributed by atoms with Crippen LogP contribution in [0.25, 0.3) is 17.0 Å². The number of benzene rings is 1. The Balaban J connectivity index is 1.76. The van der Waals surface area contributed by atoms with Crippen molar-refractivity contribution >= 4 is 23.2 Å². The summed E-state index contributed by atoms with van der Waals surface area (Å²) >= 11 is 6.45. The number of methoxy groups -OCH3 is 1. The van der Waals surface area contributed by atoms with Crippen molar-refractivity contribution in [1.82, 2.24) is 19.8 Å². The monoisotopic (exact) mass is 376 g/mol. The maximum atomic E-state index is 11.1. The van der Waals surface area contributed by atoms with E-state index in [2.05, 4.69) is 40.7 Å². The van der Waals surface area contributed by atoms with Gasteiger partial charge in [0.15, 0.2) is 11.5 Å². The lowest BCUT2D eigenvalue weighted by atomic mass is 9.92. The Bertz CT molecular complexity index is 922. The third-order valence-electron chi connectivity index (χ3n) is 3.88. The molecule has 0 aliphatic heterocycles. The van der Waals surface area contributed by atoms with Gasteiger partial charge in [0, 0.05) is 11.0 Å². The van der Waals surface area contributed by atoms with Crippen molar-refractivity contribution in [2.45, 2.75) is 32.6 Å². The number of hydrogen-bond acceptors (Lipinski definition) is 5. The topological polar surface area (TPSA) is 81.5 Å². The van der Waals surface area contributed by atoms with Crippen LogP contribution in [0, 0.1) is 0 Å². The van der Waals surface area contributed by atoms with Gasteiger partial charge in [-0.15, -0.1) is 9.73 Å². The van der Waals surface area contributed by atoms with Crippen LogP contribution in [0.2, 0.25) is 5.02 Å². The second kappa shape index (κ2) is 6.99. The smallest absolute Gasteiger partial charge is 0.308 e. The lowest BCUT2D eigenvalue weighted by molar-refractivity contribution is -0.141. The molecule has 0 unspecified atom stereocenters. The van der Waals surface area contributed by atoms with Crippen molar-refractivity contribution < 1.29 is 14.3 Å². The second-order valence-corrected chi connectivity index (χ2v) is 7.30. The number of carbonyl (C=O) groups excluding carboxylic acids is 1. The van der Waals surface area contributed by atoms with E-state index in [1.54, 1.807) is 0 Å². The summed E-state index contributed by atoms with van der Waals surface area (Å²) in [5.74, 6) is 1.03. The molecule has 0 aliphatic carbocycles. The Kier molecular flexibility index (Phi) is 4.91. The number of nitrogens with zero attached hydrogens (tertiary/aromatic N) is 3. The van der Waals surface area contributed by atoms with Gasteiger partial charge in [0.1, 0.15) is 10.8 Å². The molecular formula is C18H21ClN4O3. The summed E-state index contributed by atoms with van der Waals surface area (Å²) in [5.41, 5.74) is 2.20. The number of esters is 1. The number of fused-ring (bicyclic) bond motifs is 1. The third-order valence-corrected chi connectivity index (χ3v) is 4.24. The van der Waals surface area contributed by atoms with Gasteiger partial charge in [0.25, 0.3) is 0 Å². The van der Waals surface area contributed by atoms with Crippen LogP contribution in [0.3, 0.4) is 0 Å². The van der Waals surface area contributed by atoms with Crippen LogP contribution < -0.4 is 4.74 Å². The number of ether oxygens (including phenoxy) is 2. The fourth-order valence-corrected chi connectivity index (χ4v) is 2.91. The van der Waals surface area contributed by atoms with Gasteiger partial charge < -0.3 is 14.5 Å². The highest BCUT2D eigenvalue weighted by molar-refractivity contribution is 6.34. The van der Waals surface area contributed by atoms with E-state index in [1.165, 1.54) is 11.7 Å². The number of aromatic nitrogens is 4. The standard InChI is InChI=1S/C18H21ClN4O3/c1-18(2,3)15-14(19)17-20-16(22-23(17)21-15)11-5-7-12(8-6-11)26-10-9-13(24)25-4/h5-8H,9-10H2,1-4H3,(H,20,22). The molecule has 0 fully saturated rings. The molecule has 0 spiro atoms. The summed E-state index contributed by atoms with van der Waals surface area (Å²) in [6.07, 6.45) is 0.211. The van der Waals surface area contributed by atoms with Gasteiger partial charge in [-0.25, -0.2) is 0 Å². The molecule has 8 heteroatoms. The van der Waals surface area contributed by atoms with Crippen LogP contribution in [-0.4, -0.2) is 39.5 Å². The van der Waals surface area contributed by atoms with E-state index in [1.807, 2.05) is 24.3 Å². The Hall–Kier alpha value is -2.54. The zero-order valence-electron chi connectivity index (χ0n) is 15.2. The number of H-pyrrole nitrogens is 1. The quantitative estimate of drug-likeness (QED) is 0.688. The van der Waals surface area contributed by atoms with Gasteiger partial charge in [-0.05, 0) is 24.3 Å². The van der Waals surface area contributed by atoms with Gasteiger partial charge in [0.05, 0.1) is 25.8 Å². The first-order valence-corrected chi connectivity index (χ1v) is 8.62. The average Bonchev–Trinajstić information content (AvgIpc) is 3.15. The van der Waals surface area contributed by atoms with E-state index in [9.17, 15) is 4.79 Å². The molecule has 3 rings (SSSR count). The number of rotatable bonds is 5. The van der Waals surface area contributed by atoms with Crippen LogP contribution in [0.15, 0.2) is 24.3 Å². The molecule has 0 radical (unpaired) electrons. The van der Waals surface area contributed by atoms with Crippen molar-refractivity contribution in [3.05, 3.63) is 35.0 Å². The van der Waals surface area contributed by atoms with E-state index in [0.717, 1.165) is 11.3 Å². The highest BCUT2D eigenvalue weighted by Crippen LogP contribution is 2.31. The molecule has 2 heterocycles. The molecule has 138 valence electrons. The maximum absolute atomic E-state index is 11.1. The lowest BCUT2D eigenvalue weighted by Crippen LogP contribution is -2.12. The highest BCUT2D eigenvalue weighted by Gasteiger charge is 2.25. The number of hydrogen-bond donors (Lipinski definition) is 1. The molecule has 0 atom stereocenters. The molecule has 1 aromatic carbocycles. The number of nitrogens with one attached hydrogen (secondary N) is 1. The molecule has 0 amide bonds. The van der Waals surface area contributed by atoms with Crippen molar-refractivity contribution in [3.63, 3.8) is 0 Å². The number of aromatic amines is 1. The second-order valence-electron chi connectivity index (χ2n) is 6.92. The summed E-state index contributed by atoms with van der Waals surface area (Å²) in [5, 5.41) is 9.54. The van der Waals surface area contributed by atoms with Crippen LogP contribution in [0.4, 0.5) is 0 Å². The van der Waals surface area contributed by atoms with Crippen molar-refractivity contribution in [3.8, 4) is 17.1 Å². The number of carbonyl (C=O) groups is 1. The summed E-state index contributed by atoms with van der Waals surface area (Å²) in [4.78, 5) is 14.3. The normalized spacial score (nSPS) is 11.7. The first-order chi connectivity index (χ1) is 12.3. The van der Waals surface area contributed by atoms with Crippen LogP contribution in [0.1, 0.15) is 32.9 Å². The van der Waals surface area contributed by atoms with Crippen LogP contribution >= 0.6 is 11.6 Å². The van der Waals surface area contributed by atoms with Gasteiger partial charge in [-0.1, -0.05) is 32.4 Å². The highest BCUT2D eigenvalue weighted by atomic mass is 35.5. The van der Waals surface area contributed by atoms with Gasteiger partial charge >= 0.3 is 5.97 Å². The molecule has 0 saturated carbocycles. The predicted octanol–water partition coefficient (Wildman–Crippen LogP) is 3.62. The van der Waals surface area contributed by atoms with E-state index in [-0.39, 0.29) is 24.4 Å². The van der Waals surface area contributed by atoms with Gasteiger partial charge in [0.2, 0.25) is 0 Å². The summed E-state index contributed by atoms with van der Waals surface area (Å²) in [6.45, 7) is 6.44. The summed E-state index contributed by atoms with van der Waals surface area (Å²) < 4.78 is 11.6. The fourth-order valence-electron chi connectivity index (χ4n) is 2.47. The van der Waals surface area contributed by atoms with Crippen molar-refractivity contribution in [2.75, 3.05) is 13.7 Å². The summed E-state index contributed by atoms with van der Waals surface area (Å²) in [7, 11) is 1.36. The molecular weight excluding hydrogens is 356 g/mol. The fraction of sp³-hybridized carbons (Fsp3) is 0.389. The minimum absolute atomic E-state index is 0.158. The predicted molar refractivity (Wildman–Crippen MR) is 98.6 cm³/mol. The molecule has 3 aromatic rings. The maximum Gasteiger partial charge on any atom is 0.308 e. The lowest BCUT2D eigenvalue weighted by Gasteiger charge is -2.14. The Morgan fingerprint density at radius 2 is 1.92 bits per heavy atom. The molecule has 0 saturated heterocycles. The SMILES string of the molecule is COC(=O)CCOc1ccc(-c2nn3nc(C(C)(C)C)c(Cl)c3[nH]2)cc1. The average molecular weight is 377 g/mol. The molecule has 0 bridgehead atoms. The molecule has 0 aliphatic rings. The molecule has 1 N–H and O–H groups in total. The zero-order valence-corrected chi connectivity index (χ0v) is 15.9. The van der Waals surface area contributed by atoms with E-state index in [0.29, 0.717) is 22.2 Å². The minimum Gasteiger partial charge on any atom is -0.493 e. The Labute approximate surface area is 156 Å². The third kappa shape index (κ3) is 3.67. The Morgan fingerprint density at radius 1 is 1.23 bits per heavy atom. The van der Waals surface area contributed by atoms with E-state index in [4.69, 9.17) is 16.3 Å².